The lowest BCUT2D eigenvalue weighted by molar-refractivity contribution is 0.472. The van der Waals surface area contributed by atoms with Gasteiger partial charge in [0.25, 0.3) is 0 Å². The van der Waals surface area contributed by atoms with E-state index in [-0.39, 0.29) is 17.5 Å². The molecule has 1 atom stereocenters. The first-order chi connectivity index (χ1) is 8.61. The number of anilines is 1. The molecule has 1 unspecified atom stereocenters. The fourth-order valence-electron chi connectivity index (χ4n) is 1.99. The lowest BCUT2D eigenvalue weighted by Gasteiger charge is -2.06. The molecule has 1 aliphatic carbocycles. The Morgan fingerprint density at radius 2 is 2.06 bits per heavy atom. The molecule has 1 aliphatic heterocycles. The third kappa shape index (κ3) is 2.99. The Hall–Kier alpha value is -1.15. The molecule has 0 bridgehead atoms. The number of aromatic nitrogens is 2. The molecule has 3 rings (SSSR count). The summed E-state index contributed by atoms with van der Waals surface area (Å²) >= 11 is 0. The van der Waals surface area contributed by atoms with Crippen molar-refractivity contribution in [3.05, 3.63) is 5.89 Å². The molecule has 0 radical (unpaired) electrons. The van der Waals surface area contributed by atoms with Crippen LogP contribution in [0.2, 0.25) is 0 Å². The van der Waals surface area contributed by atoms with Crippen LogP contribution in [0.3, 0.4) is 0 Å². The van der Waals surface area contributed by atoms with Crippen LogP contribution in [-0.2, 0) is 16.4 Å². The number of hydrogen-bond donors (Lipinski definition) is 2. The van der Waals surface area contributed by atoms with Gasteiger partial charge in [-0.15, -0.1) is 5.10 Å². The molecule has 0 spiro atoms. The van der Waals surface area contributed by atoms with Gasteiger partial charge >= 0.3 is 6.01 Å². The fourth-order valence-corrected chi connectivity index (χ4v) is 3.66. The van der Waals surface area contributed by atoms with Crippen molar-refractivity contribution in [1.82, 2.24) is 15.5 Å². The first-order valence-corrected chi connectivity index (χ1v) is 7.95. The van der Waals surface area contributed by atoms with Crippen LogP contribution >= 0.6 is 0 Å². The van der Waals surface area contributed by atoms with E-state index >= 15 is 0 Å². The van der Waals surface area contributed by atoms with Crippen molar-refractivity contribution in [3.63, 3.8) is 0 Å². The third-order valence-corrected chi connectivity index (χ3v) is 4.91. The number of hydrogen-bond acceptors (Lipinski definition) is 7. The van der Waals surface area contributed by atoms with Crippen molar-refractivity contribution in [3.8, 4) is 0 Å². The molecular formula is C10H16N4O3S. The van der Waals surface area contributed by atoms with Crippen LogP contribution in [0, 0.1) is 0 Å². The highest BCUT2D eigenvalue weighted by molar-refractivity contribution is 7.91. The molecule has 100 valence electrons. The highest BCUT2D eigenvalue weighted by Crippen LogP contribution is 2.20. The molecule has 1 aromatic heterocycles. The van der Waals surface area contributed by atoms with Crippen LogP contribution in [0.5, 0.6) is 0 Å². The number of nitrogens with zero attached hydrogens (tertiary/aromatic N) is 2. The number of sulfone groups is 1. The van der Waals surface area contributed by atoms with E-state index in [2.05, 4.69) is 20.8 Å². The van der Waals surface area contributed by atoms with Crippen LogP contribution in [0.4, 0.5) is 6.01 Å². The summed E-state index contributed by atoms with van der Waals surface area (Å²) in [5.41, 5.74) is 0. The minimum absolute atomic E-state index is 0.111. The maximum absolute atomic E-state index is 11.3. The van der Waals surface area contributed by atoms with Crippen LogP contribution in [0.25, 0.3) is 0 Å². The smallest absolute Gasteiger partial charge is 0.315 e. The predicted molar refractivity (Wildman–Crippen MR) is 64.8 cm³/mol. The Morgan fingerprint density at radius 1 is 1.22 bits per heavy atom. The van der Waals surface area contributed by atoms with Gasteiger partial charge in [0.15, 0.2) is 9.84 Å². The molecule has 2 heterocycles. The second-order valence-electron chi connectivity index (χ2n) is 4.90. The minimum Gasteiger partial charge on any atom is -0.407 e. The summed E-state index contributed by atoms with van der Waals surface area (Å²) in [4.78, 5) is 0. The lowest BCUT2D eigenvalue weighted by atomic mass is 10.3. The van der Waals surface area contributed by atoms with Gasteiger partial charge in [0, 0.05) is 12.1 Å². The van der Waals surface area contributed by atoms with Crippen molar-refractivity contribution in [2.45, 2.75) is 37.9 Å². The van der Waals surface area contributed by atoms with E-state index in [1.54, 1.807) is 0 Å². The van der Waals surface area contributed by atoms with Crippen molar-refractivity contribution in [2.24, 2.45) is 0 Å². The van der Waals surface area contributed by atoms with E-state index in [1.807, 2.05) is 0 Å². The first kappa shape index (κ1) is 11.9. The molecule has 8 heteroatoms. The molecular weight excluding hydrogens is 256 g/mol. The Balaban J connectivity index is 1.53. The van der Waals surface area contributed by atoms with Crippen LogP contribution in [0.1, 0.15) is 25.2 Å². The first-order valence-electron chi connectivity index (χ1n) is 6.13. The van der Waals surface area contributed by atoms with Gasteiger partial charge in [-0.25, -0.2) is 8.42 Å². The van der Waals surface area contributed by atoms with Gasteiger partial charge in [-0.3, -0.25) is 0 Å². The monoisotopic (exact) mass is 272 g/mol. The summed E-state index contributed by atoms with van der Waals surface area (Å²) in [5, 5.41) is 14.0. The zero-order chi connectivity index (χ0) is 12.6. The standard InChI is InChI=1S/C10H16N4O3S/c15-18(16)4-3-8(6-18)12-10-14-13-9(17-10)5-11-7-1-2-7/h7-8,11H,1-6H2,(H,12,14). The molecule has 7 nitrogen and oxygen atoms in total. The summed E-state index contributed by atoms with van der Waals surface area (Å²) in [6.07, 6.45) is 3.01. The van der Waals surface area contributed by atoms with E-state index in [1.165, 1.54) is 12.8 Å². The Bertz CT molecular complexity index is 523. The number of rotatable bonds is 5. The Morgan fingerprint density at radius 3 is 2.72 bits per heavy atom. The van der Waals surface area contributed by atoms with E-state index in [0.29, 0.717) is 30.9 Å². The highest BCUT2D eigenvalue weighted by Gasteiger charge is 2.29. The summed E-state index contributed by atoms with van der Waals surface area (Å²) in [7, 11) is -2.89. The van der Waals surface area contributed by atoms with Crippen molar-refractivity contribution in [2.75, 3.05) is 16.8 Å². The molecule has 1 saturated heterocycles. The Kier molecular flexibility index (Phi) is 2.98. The predicted octanol–water partition coefficient (Wildman–Crippen LogP) is -0.0794. The van der Waals surface area contributed by atoms with E-state index in [4.69, 9.17) is 4.42 Å². The quantitative estimate of drug-likeness (QED) is 0.773. The van der Waals surface area contributed by atoms with Crippen molar-refractivity contribution in [1.29, 1.82) is 0 Å². The molecule has 0 amide bonds. The molecule has 0 aromatic carbocycles. The van der Waals surface area contributed by atoms with Gasteiger partial charge < -0.3 is 15.1 Å². The average molecular weight is 272 g/mol. The van der Waals surface area contributed by atoms with Gasteiger partial charge in [0.1, 0.15) is 0 Å². The zero-order valence-corrected chi connectivity index (χ0v) is 10.7. The maximum atomic E-state index is 11.3. The van der Waals surface area contributed by atoms with Gasteiger partial charge in [0.05, 0.1) is 18.1 Å². The molecule has 2 fully saturated rings. The summed E-state index contributed by atoms with van der Waals surface area (Å²) in [6, 6.07) is 0.790. The van der Waals surface area contributed by atoms with Gasteiger partial charge in [-0.2, -0.15) is 0 Å². The molecule has 1 saturated carbocycles. The Labute approximate surface area is 105 Å². The van der Waals surface area contributed by atoms with Gasteiger partial charge in [-0.05, 0) is 19.3 Å². The SMILES string of the molecule is O=S1(=O)CCC(Nc2nnc(CNC3CC3)o2)C1. The van der Waals surface area contributed by atoms with Crippen molar-refractivity contribution < 1.29 is 12.8 Å². The second kappa shape index (κ2) is 4.51. The number of nitrogens with one attached hydrogen (secondary N) is 2. The fraction of sp³-hybridized carbons (Fsp3) is 0.800. The zero-order valence-electron chi connectivity index (χ0n) is 9.92. The highest BCUT2D eigenvalue weighted by atomic mass is 32.2. The molecule has 1 aromatic rings. The largest absolute Gasteiger partial charge is 0.407 e. The minimum atomic E-state index is -2.89. The normalized spacial score (nSPS) is 26.3. The second-order valence-corrected chi connectivity index (χ2v) is 7.13. The van der Waals surface area contributed by atoms with Gasteiger partial charge in [0.2, 0.25) is 5.89 Å². The van der Waals surface area contributed by atoms with Crippen LogP contribution in [0.15, 0.2) is 4.42 Å². The summed E-state index contributed by atoms with van der Waals surface area (Å²) in [6.45, 7) is 0.572. The van der Waals surface area contributed by atoms with E-state index < -0.39 is 9.84 Å². The van der Waals surface area contributed by atoms with Crippen LogP contribution < -0.4 is 10.6 Å². The summed E-state index contributed by atoms with van der Waals surface area (Å²) in [5.74, 6) is 0.908. The van der Waals surface area contributed by atoms with E-state index in [0.717, 1.165) is 0 Å². The van der Waals surface area contributed by atoms with Gasteiger partial charge in [-0.1, -0.05) is 5.10 Å². The molecule has 18 heavy (non-hydrogen) atoms. The van der Waals surface area contributed by atoms with Crippen molar-refractivity contribution >= 4 is 15.9 Å². The molecule has 2 aliphatic rings. The van der Waals surface area contributed by atoms with Crippen LogP contribution in [-0.4, -0.2) is 42.2 Å². The lowest BCUT2D eigenvalue weighted by Crippen LogP contribution is -2.20. The molecule has 2 N–H and O–H groups in total. The topological polar surface area (TPSA) is 97.1 Å². The van der Waals surface area contributed by atoms with E-state index in [9.17, 15) is 8.42 Å². The third-order valence-electron chi connectivity index (χ3n) is 3.15. The average Bonchev–Trinajstić information content (AvgIpc) is 2.94. The summed E-state index contributed by atoms with van der Waals surface area (Å²) < 4.78 is 28.0. The maximum Gasteiger partial charge on any atom is 0.315 e.